The van der Waals surface area contributed by atoms with Crippen LogP contribution in [0.3, 0.4) is 0 Å². The van der Waals surface area contributed by atoms with Crippen molar-refractivity contribution >= 4 is 21.6 Å². The first-order chi connectivity index (χ1) is 12.5. The lowest BCUT2D eigenvalue weighted by atomic mass is 10.0. The summed E-state index contributed by atoms with van der Waals surface area (Å²) in [7, 11) is -2.12. The smallest absolute Gasteiger partial charge is 0.262 e. The van der Waals surface area contributed by atoms with Crippen LogP contribution in [0.5, 0.6) is 5.75 Å². The van der Waals surface area contributed by atoms with Crippen LogP contribution in [0.15, 0.2) is 53.4 Å². The van der Waals surface area contributed by atoms with Gasteiger partial charge in [-0.2, -0.15) is 0 Å². The molecule has 1 aliphatic heterocycles. The molecule has 2 aromatic carbocycles. The van der Waals surface area contributed by atoms with E-state index in [1.165, 1.54) is 6.07 Å². The van der Waals surface area contributed by atoms with Crippen molar-refractivity contribution < 1.29 is 22.8 Å². The summed E-state index contributed by atoms with van der Waals surface area (Å²) < 4.78 is 30.1. The lowest BCUT2D eigenvalue weighted by Gasteiger charge is -2.26. The highest BCUT2D eigenvalue weighted by molar-refractivity contribution is 7.89. The van der Waals surface area contributed by atoms with E-state index in [1.807, 2.05) is 18.2 Å². The number of nitrogens with zero attached hydrogens (tertiary/aromatic N) is 1. The number of sulfonamides is 1. The van der Waals surface area contributed by atoms with Gasteiger partial charge < -0.3 is 9.64 Å². The van der Waals surface area contributed by atoms with Crippen LogP contribution in [-0.2, 0) is 26.1 Å². The van der Waals surface area contributed by atoms with Crippen LogP contribution in [-0.4, -0.2) is 34.6 Å². The van der Waals surface area contributed by atoms with Crippen LogP contribution in [0.25, 0.3) is 0 Å². The lowest BCUT2D eigenvalue weighted by Crippen LogP contribution is -2.31. The van der Waals surface area contributed by atoms with Crippen LogP contribution in [0, 0.1) is 0 Å². The Morgan fingerprint density at radius 1 is 1.08 bits per heavy atom. The monoisotopic (exact) mass is 376 g/mol. The number of para-hydroxylation sites is 1. The van der Waals surface area contributed by atoms with E-state index in [1.54, 1.807) is 36.2 Å². The summed E-state index contributed by atoms with van der Waals surface area (Å²) in [5, 5.41) is 0. The Kier molecular flexibility index (Phi) is 5.55. The van der Waals surface area contributed by atoms with Gasteiger partial charge >= 0.3 is 0 Å². The zero-order valence-corrected chi connectivity index (χ0v) is 15.2. The maximum atomic E-state index is 12.3. The molecule has 0 fully saturated rings. The maximum absolute atomic E-state index is 12.3. The quantitative estimate of drug-likeness (QED) is 0.589. The van der Waals surface area contributed by atoms with E-state index in [4.69, 9.17) is 9.57 Å². The zero-order valence-electron chi connectivity index (χ0n) is 14.3. The Balaban J connectivity index is 1.56. The number of fused-ring (bicyclic) bond motifs is 1. The van der Waals surface area contributed by atoms with Gasteiger partial charge in [0.15, 0.2) is 0 Å². The minimum absolute atomic E-state index is 0.0213. The molecule has 0 saturated carbocycles. The standard InChI is InChI=1S/C18H20N2O5S/c1-20-17-9-8-16(13-14(17)7-10-18(20)21)26(22,23)19-25-12-11-24-15-5-3-2-4-6-15/h2-6,8-9,13,19H,7,10-12H2,1H3. The largest absolute Gasteiger partial charge is 0.491 e. The number of aryl methyl sites for hydroxylation is 1. The number of benzene rings is 2. The third-order valence-electron chi connectivity index (χ3n) is 4.07. The number of ether oxygens (including phenoxy) is 1. The van der Waals surface area contributed by atoms with E-state index in [2.05, 4.69) is 4.89 Å². The predicted molar refractivity (Wildman–Crippen MR) is 96.4 cm³/mol. The van der Waals surface area contributed by atoms with Crippen molar-refractivity contribution in [3.05, 3.63) is 54.1 Å². The first-order valence-corrected chi connectivity index (χ1v) is 9.66. The summed E-state index contributed by atoms with van der Waals surface area (Å²) in [6.07, 6.45) is 0.890. The minimum Gasteiger partial charge on any atom is -0.491 e. The molecular weight excluding hydrogens is 356 g/mol. The van der Waals surface area contributed by atoms with Crippen molar-refractivity contribution in [3.63, 3.8) is 0 Å². The van der Waals surface area contributed by atoms with Gasteiger partial charge in [0.1, 0.15) is 19.0 Å². The lowest BCUT2D eigenvalue weighted by molar-refractivity contribution is -0.118. The van der Waals surface area contributed by atoms with Crippen molar-refractivity contribution in [2.24, 2.45) is 0 Å². The van der Waals surface area contributed by atoms with E-state index in [-0.39, 0.29) is 24.0 Å². The van der Waals surface area contributed by atoms with Gasteiger partial charge in [-0.1, -0.05) is 23.1 Å². The Bertz CT molecular complexity index is 884. The third kappa shape index (κ3) is 4.21. The Morgan fingerprint density at radius 3 is 2.62 bits per heavy atom. The minimum atomic E-state index is -3.80. The molecule has 0 atom stereocenters. The predicted octanol–water partition coefficient (Wildman–Crippen LogP) is 1.88. The molecule has 0 bridgehead atoms. The fraction of sp³-hybridized carbons (Fsp3) is 0.278. The Morgan fingerprint density at radius 2 is 1.85 bits per heavy atom. The average molecular weight is 376 g/mol. The summed E-state index contributed by atoms with van der Waals surface area (Å²) in [4.78, 5) is 20.5. The van der Waals surface area contributed by atoms with E-state index < -0.39 is 10.0 Å². The second kappa shape index (κ2) is 7.86. The van der Waals surface area contributed by atoms with Crippen molar-refractivity contribution in [3.8, 4) is 5.75 Å². The molecule has 0 aliphatic carbocycles. The number of amides is 1. The summed E-state index contributed by atoms with van der Waals surface area (Å²) in [5.41, 5.74) is 1.56. The van der Waals surface area contributed by atoms with Crippen LogP contribution in [0.4, 0.5) is 5.69 Å². The van der Waals surface area contributed by atoms with Crippen LogP contribution in [0.2, 0.25) is 0 Å². The molecule has 8 heteroatoms. The number of hydrogen-bond acceptors (Lipinski definition) is 5. The maximum Gasteiger partial charge on any atom is 0.262 e. The van der Waals surface area contributed by atoms with E-state index in [0.717, 1.165) is 11.3 Å². The molecule has 1 amide bonds. The molecule has 1 heterocycles. The summed E-state index contributed by atoms with van der Waals surface area (Å²) in [5.74, 6) is 0.709. The van der Waals surface area contributed by atoms with Crippen molar-refractivity contribution in [1.82, 2.24) is 4.89 Å². The molecule has 3 rings (SSSR count). The number of carbonyl (C=O) groups is 1. The fourth-order valence-electron chi connectivity index (χ4n) is 2.69. The molecule has 138 valence electrons. The molecule has 0 unspecified atom stereocenters. The molecule has 0 radical (unpaired) electrons. The van der Waals surface area contributed by atoms with Crippen LogP contribution >= 0.6 is 0 Å². The Labute approximate surface area is 152 Å². The van der Waals surface area contributed by atoms with Crippen molar-refractivity contribution in [1.29, 1.82) is 0 Å². The number of rotatable bonds is 7. The van der Waals surface area contributed by atoms with E-state index in [0.29, 0.717) is 18.6 Å². The molecular formula is C18H20N2O5S. The molecule has 7 nitrogen and oxygen atoms in total. The average Bonchev–Trinajstić information content (AvgIpc) is 2.65. The van der Waals surface area contributed by atoms with Gasteiger partial charge in [-0.3, -0.25) is 9.63 Å². The molecule has 1 N–H and O–H groups in total. The second-order valence-electron chi connectivity index (χ2n) is 5.84. The highest BCUT2D eigenvalue weighted by Crippen LogP contribution is 2.28. The van der Waals surface area contributed by atoms with Gasteiger partial charge in [0.2, 0.25) is 5.91 Å². The number of carbonyl (C=O) groups excluding carboxylic acids is 1. The first-order valence-electron chi connectivity index (χ1n) is 8.18. The van der Waals surface area contributed by atoms with Gasteiger partial charge in [0.25, 0.3) is 10.0 Å². The first kappa shape index (κ1) is 18.4. The molecule has 0 saturated heterocycles. The molecule has 1 aliphatic rings. The van der Waals surface area contributed by atoms with Gasteiger partial charge in [-0.05, 0) is 42.3 Å². The summed E-state index contributed by atoms with van der Waals surface area (Å²) in [6, 6.07) is 13.9. The normalized spacial score (nSPS) is 14.2. The van der Waals surface area contributed by atoms with E-state index in [9.17, 15) is 13.2 Å². The van der Waals surface area contributed by atoms with Crippen LogP contribution < -0.4 is 14.5 Å². The fourth-order valence-corrected chi connectivity index (χ4v) is 3.56. The van der Waals surface area contributed by atoms with Gasteiger partial charge in [-0.15, -0.1) is 0 Å². The SMILES string of the molecule is CN1C(=O)CCc2cc(S(=O)(=O)NOCCOc3ccccc3)ccc21. The third-order valence-corrected chi connectivity index (χ3v) is 5.28. The molecule has 26 heavy (non-hydrogen) atoms. The summed E-state index contributed by atoms with van der Waals surface area (Å²) in [6.45, 7) is 0.278. The topological polar surface area (TPSA) is 84.9 Å². The number of hydrogen-bond donors (Lipinski definition) is 1. The molecule has 0 spiro atoms. The molecule has 0 aromatic heterocycles. The summed E-state index contributed by atoms with van der Waals surface area (Å²) >= 11 is 0. The van der Waals surface area contributed by atoms with E-state index >= 15 is 0 Å². The zero-order chi connectivity index (χ0) is 18.6. The van der Waals surface area contributed by atoms with Crippen molar-refractivity contribution in [2.75, 3.05) is 25.2 Å². The van der Waals surface area contributed by atoms with Crippen LogP contribution in [0.1, 0.15) is 12.0 Å². The highest BCUT2D eigenvalue weighted by atomic mass is 32.2. The number of nitrogens with one attached hydrogen (secondary N) is 1. The molecule has 2 aromatic rings. The van der Waals surface area contributed by atoms with Crippen molar-refractivity contribution in [2.45, 2.75) is 17.7 Å². The van der Waals surface area contributed by atoms with Gasteiger partial charge in [0.05, 0.1) is 4.90 Å². The van der Waals surface area contributed by atoms with Gasteiger partial charge in [-0.25, -0.2) is 8.42 Å². The Hall–Kier alpha value is -2.42. The second-order valence-corrected chi connectivity index (χ2v) is 7.48. The highest BCUT2D eigenvalue weighted by Gasteiger charge is 2.23. The number of anilines is 1. The van der Waals surface area contributed by atoms with Gasteiger partial charge in [0, 0.05) is 19.2 Å².